The van der Waals surface area contributed by atoms with Gasteiger partial charge in [0.15, 0.2) is 0 Å². The summed E-state index contributed by atoms with van der Waals surface area (Å²) in [6, 6.07) is 8.90. The molecule has 0 atom stereocenters. The smallest absolute Gasteiger partial charge is 0.255 e. The summed E-state index contributed by atoms with van der Waals surface area (Å²) in [6.07, 6.45) is 0.289. The van der Waals surface area contributed by atoms with Crippen LogP contribution in [0, 0.1) is 11.3 Å². The van der Waals surface area contributed by atoms with E-state index in [4.69, 9.17) is 15.7 Å². The summed E-state index contributed by atoms with van der Waals surface area (Å²) < 4.78 is 5.36. The van der Waals surface area contributed by atoms with E-state index in [9.17, 15) is 4.79 Å². The maximum atomic E-state index is 11.8. The molecule has 0 aliphatic heterocycles. The molecule has 90 valence electrons. The van der Waals surface area contributed by atoms with Gasteiger partial charge in [-0.05, 0) is 12.1 Å². The van der Waals surface area contributed by atoms with Gasteiger partial charge in [0.1, 0.15) is 12.4 Å². The van der Waals surface area contributed by atoms with Crippen LogP contribution in [0.15, 0.2) is 24.3 Å². The van der Waals surface area contributed by atoms with Crippen molar-refractivity contribution in [1.82, 2.24) is 5.32 Å². The summed E-state index contributed by atoms with van der Waals surface area (Å²) in [5.41, 5.74) is 5.80. The highest BCUT2D eigenvalue weighted by molar-refractivity contribution is 5.96. The fourth-order valence-corrected chi connectivity index (χ4v) is 1.28. The molecule has 0 unspecified atom stereocenters. The van der Waals surface area contributed by atoms with Gasteiger partial charge < -0.3 is 15.8 Å². The first-order valence-electron chi connectivity index (χ1n) is 5.36. The fraction of sp³-hybridized carbons (Fsp3) is 0.333. The number of ether oxygens (including phenoxy) is 1. The summed E-state index contributed by atoms with van der Waals surface area (Å²) >= 11 is 0. The molecule has 1 amide bonds. The average molecular weight is 233 g/mol. The Labute approximate surface area is 100 Å². The summed E-state index contributed by atoms with van der Waals surface area (Å²) in [5.74, 6) is 0.264. The molecule has 1 aromatic rings. The van der Waals surface area contributed by atoms with Crippen molar-refractivity contribution in [3.8, 4) is 11.8 Å². The van der Waals surface area contributed by atoms with Gasteiger partial charge in [-0.25, -0.2) is 0 Å². The standard InChI is InChI=1S/C12H15N3O2/c13-6-3-8-15-12(16)10-4-1-2-5-11(10)17-9-7-14/h1-2,4-5H,3,7-9,14H2,(H,15,16). The maximum Gasteiger partial charge on any atom is 0.255 e. The van der Waals surface area contributed by atoms with E-state index in [-0.39, 0.29) is 12.3 Å². The lowest BCUT2D eigenvalue weighted by Crippen LogP contribution is -2.25. The number of hydrogen-bond donors (Lipinski definition) is 2. The molecular formula is C12H15N3O2. The summed E-state index contributed by atoms with van der Waals surface area (Å²) in [5, 5.41) is 11.0. The molecule has 0 heterocycles. The number of carbonyl (C=O) groups is 1. The van der Waals surface area contributed by atoms with E-state index in [1.165, 1.54) is 0 Å². The van der Waals surface area contributed by atoms with Gasteiger partial charge >= 0.3 is 0 Å². The van der Waals surface area contributed by atoms with Gasteiger partial charge in [-0.15, -0.1) is 0 Å². The summed E-state index contributed by atoms with van der Waals surface area (Å²) in [4.78, 5) is 11.8. The quantitative estimate of drug-likeness (QED) is 0.707. The van der Waals surface area contributed by atoms with Crippen LogP contribution in [0.4, 0.5) is 0 Å². The Morgan fingerprint density at radius 2 is 2.24 bits per heavy atom. The molecule has 5 nitrogen and oxygen atoms in total. The second-order valence-corrected chi connectivity index (χ2v) is 3.30. The van der Waals surface area contributed by atoms with E-state index in [1.807, 2.05) is 6.07 Å². The number of nitriles is 1. The number of benzene rings is 1. The summed E-state index contributed by atoms with van der Waals surface area (Å²) in [7, 11) is 0. The lowest BCUT2D eigenvalue weighted by Gasteiger charge is -2.10. The minimum absolute atomic E-state index is 0.243. The van der Waals surface area contributed by atoms with Crippen molar-refractivity contribution in [1.29, 1.82) is 5.26 Å². The molecule has 3 N–H and O–H groups in total. The minimum Gasteiger partial charge on any atom is -0.491 e. The third-order valence-electron chi connectivity index (χ3n) is 2.03. The fourth-order valence-electron chi connectivity index (χ4n) is 1.28. The highest BCUT2D eigenvalue weighted by Gasteiger charge is 2.10. The van der Waals surface area contributed by atoms with E-state index in [2.05, 4.69) is 5.32 Å². The van der Waals surface area contributed by atoms with Gasteiger partial charge in [-0.1, -0.05) is 12.1 Å². The first-order chi connectivity index (χ1) is 8.29. The minimum atomic E-state index is -0.243. The van der Waals surface area contributed by atoms with Crippen LogP contribution in [0.3, 0.4) is 0 Å². The SMILES string of the molecule is N#CCCNC(=O)c1ccccc1OCCN. The Kier molecular flexibility index (Phi) is 5.55. The number of amides is 1. The van der Waals surface area contributed by atoms with Crippen LogP contribution in [0.5, 0.6) is 5.75 Å². The predicted octanol–water partition coefficient (Wildman–Crippen LogP) is 0.668. The number of carbonyl (C=O) groups excluding carboxylic acids is 1. The Morgan fingerprint density at radius 3 is 2.94 bits per heavy atom. The zero-order chi connectivity index (χ0) is 12.5. The van der Waals surface area contributed by atoms with Gasteiger partial charge in [0.05, 0.1) is 18.1 Å². The van der Waals surface area contributed by atoms with E-state index in [0.29, 0.717) is 31.0 Å². The number of nitrogens with one attached hydrogen (secondary N) is 1. The van der Waals surface area contributed by atoms with Gasteiger partial charge in [0.25, 0.3) is 5.91 Å². The molecule has 0 aliphatic carbocycles. The zero-order valence-electron chi connectivity index (χ0n) is 9.48. The van der Waals surface area contributed by atoms with Crippen LogP contribution in [0.25, 0.3) is 0 Å². The van der Waals surface area contributed by atoms with Crippen LogP contribution in [-0.2, 0) is 0 Å². The second kappa shape index (κ2) is 7.25. The second-order valence-electron chi connectivity index (χ2n) is 3.30. The number of nitrogens with two attached hydrogens (primary N) is 1. The molecule has 5 heteroatoms. The topological polar surface area (TPSA) is 88.1 Å². The van der Waals surface area contributed by atoms with Crippen molar-refractivity contribution in [2.24, 2.45) is 5.73 Å². The predicted molar refractivity (Wildman–Crippen MR) is 63.6 cm³/mol. The Hall–Kier alpha value is -2.06. The van der Waals surface area contributed by atoms with Gasteiger partial charge in [-0.3, -0.25) is 4.79 Å². The Morgan fingerprint density at radius 1 is 1.47 bits per heavy atom. The molecule has 0 saturated heterocycles. The largest absolute Gasteiger partial charge is 0.491 e. The van der Waals surface area contributed by atoms with Crippen LogP contribution in [0.1, 0.15) is 16.8 Å². The molecule has 0 fully saturated rings. The van der Waals surface area contributed by atoms with E-state index >= 15 is 0 Å². The van der Waals surface area contributed by atoms with E-state index in [1.54, 1.807) is 24.3 Å². The zero-order valence-corrected chi connectivity index (χ0v) is 9.48. The van der Waals surface area contributed by atoms with Crippen molar-refractivity contribution in [2.45, 2.75) is 6.42 Å². The Balaban J connectivity index is 2.68. The third-order valence-corrected chi connectivity index (χ3v) is 2.03. The maximum absolute atomic E-state index is 11.8. The van der Waals surface area contributed by atoms with E-state index in [0.717, 1.165) is 0 Å². The van der Waals surface area contributed by atoms with Crippen molar-refractivity contribution in [2.75, 3.05) is 19.7 Å². The van der Waals surface area contributed by atoms with Crippen LogP contribution >= 0.6 is 0 Å². The number of rotatable bonds is 6. The van der Waals surface area contributed by atoms with Gasteiger partial charge in [0, 0.05) is 13.1 Å². The molecule has 1 aromatic carbocycles. The molecule has 0 aromatic heterocycles. The normalized spacial score (nSPS) is 9.41. The first kappa shape index (κ1) is 13.0. The number of hydrogen-bond acceptors (Lipinski definition) is 4. The van der Waals surface area contributed by atoms with Crippen LogP contribution < -0.4 is 15.8 Å². The molecular weight excluding hydrogens is 218 g/mol. The van der Waals surface area contributed by atoms with Crippen molar-refractivity contribution < 1.29 is 9.53 Å². The van der Waals surface area contributed by atoms with Gasteiger partial charge in [0.2, 0.25) is 0 Å². The van der Waals surface area contributed by atoms with Crippen LogP contribution in [0.2, 0.25) is 0 Å². The third kappa shape index (κ3) is 4.13. The molecule has 17 heavy (non-hydrogen) atoms. The first-order valence-corrected chi connectivity index (χ1v) is 5.36. The molecule has 0 saturated carbocycles. The van der Waals surface area contributed by atoms with Gasteiger partial charge in [-0.2, -0.15) is 5.26 Å². The van der Waals surface area contributed by atoms with Crippen molar-refractivity contribution in [3.05, 3.63) is 29.8 Å². The lowest BCUT2D eigenvalue weighted by molar-refractivity contribution is 0.0950. The Bertz CT molecular complexity index is 412. The monoisotopic (exact) mass is 233 g/mol. The average Bonchev–Trinajstić information content (AvgIpc) is 2.37. The molecule has 1 rings (SSSR count). The summed E-state index contributed by atoms with van der Waals surface area (Å²) in [6.45, 7) is 1.09. The lowest BCUT2D eigenvalue weighted by atomic mass is 10.2. The molecule has 0 spiro atoms. The van der Waals surface area contributed by atoms with Crippen LogP contribution in [-0.4, -0.2) is 25.6 Å². The van der Waals surface area contributed by atoms with Crippen molar-refractivity contribution in [3.63, 3.8) is 0 Å². The molecule has 0 bridgehead atoms. The highest BCUT2D eigenvalue weighted by atomic mass is 16.5. The highest BCUT2D eigenvalue weighted by Crippen LogP contribution is 2.17. The van der Waals surface area contributed by atoms with E-state index < -0.39 is 0 Å². The number of para-hydroxylation sites is 1. The number of nitrogens with zero attached hydrogens (tertiary/aromatic N) is 1. The molecule has 0 aliphatic rings. The molecule has 0 radical (unpaired) electrons. The van der Waals surface area contributed by atoms with Crippen molar-refractivity contribution >= 4 is 5.91 Å².